The Balaban J connectivity index is 1.58. The Bertz CT molecular complexity index is 497. The van der Waals surface area contributed by atoms with E-state index in [1.54, 1.807) is 0 Å². The highest BCUT2D eigenvalue weighted by Crippen LogP contribution is 2.27. The number of benzene rings is 1. The lowest BCUT2D eigenvalue weighted by Crippen LogP contribution is -2.48. The summed E-state index contributed by atoms with van der Waals surface area (Å²) in [5.74, 6) is 0.888. The summed E-state index contributed by atoms with van der Waals surface area (Å²) in [5.41, 5.74) is 2.10. The molecule has 1 saturated carbocycles. The second kappa shape index (κ2) is 6.37. The Morgan fingerprint density at radius 2 is 1.90 bits per heavy atom. The normalized spacial score (nSPS) is 21.9. The van der Waals surface area contributed by atoms with E-state index in [0.29, 0.717) is 12.5 Å². The van der Waals surface area contributed by atoms with Gasteiger partial charge in [-0.1, -0.05) is 31.4 Å². The first kappa shape index (κ1) is 14.2. The highest BCUT2D eigenvalue weighted by molar-refractivity contribution is 5.88. The molecule has 0 saturated heterocycles. The van der Waals surface area contributed by atoms with E-state index in [0.717, 1.165) is 17.9 Å². The molecule has 4 nitrogen and oxygen atoms in total. The first-order valence-electron chi connectivity index (χ1n) is 8.08. The fourth-order valence-corrected chi connectivity index (χ4v) is 3.48. The van der Waals surface area contributed by atoms with Crippen LogP contribution >= 0.6 is 0 Å². The van der Waals surface area contributed by atoms with E-state index in [1.807, 2.05) is 36.2 Å². The van der Waals surface area contributed by atoms with Crippen molar-refractivity contribution in [3.63, 3.8) is 0 Å². The van der Waals surface area contributed by atoms with Crippen LogP contribution in [0.15, 0.2) is 24.3 Å². The van der Waals surface area contributed by atoms with Gasteiger partial charge in [0.2, 0.25) is 5.91 Å². The average Bonchev–Trinajstić information content (AvgIpc) is 2.54. The smallest absolute Gasteiger partial charge is 0.246 e. The number of carbonyl (C=O) groups is 1. The SMILES string of the molecule is CN(CC1CCCCC1)C(=O)C1CNc2ccccc2N1. The van der Waals surface area contributed by atoms with E-state index >= 15 is 0 Å². The van der Waals surface area contributed by atoms with E-state index in [9.17, 15) is 4.79 Å². The van der Waals surface area contributed by atoms with Crippen molar-refractivity contribution in [1.29, 1.82) is 0 Å². The number of fused-ring (bicyclic) bond motifs is 1. The van der Waals surface area contributed by atoms with Crippen molar-refractivity contribution in [1.82, 2.24) is 4.90 Å². The molecule has 1 unspecified atom stereocenters. The second-order valence-electron chi connectivity index (χ2n) is 6.35. The lowest BCUT2D eigenvalue weighted by Gasteiger charge is -2.33. The molecule has 1 aromatic carbocycles. The van der Waals surface area contributed by atoms with Gasteiger partial charge in [0, 0.05) is 20.1 Å². The fourth-order valence-electron chi connectivity index (χ4n) is 3.48. The van der Waals surface area contributed by atoms with Gasteiger partial charge in [0.1, 0.15) is 6.04 Å². The predicted octanol–water partition coefficient (Wildman–Crippen LogP) is 2.93. The van der Waals surface area contributed by atoms with Crippen LogP contribution in [-0.4, -0.2) is 37.0 Å². The summed E-state index contributed by atoms with van der Waals surface area (Å²) >= 11 is 0. The molecule has 1 fully saturated rings. The molecule has 4 heteroatoms. The van der Waals surface area contributed by atoms with E-state index in [1.165, 1.54) is 32.1 Å². The third kappa shape index (κ3) is 3.31. The molecule has 1 heterocycles. The van der Waals surface area contributed by atoms with E-state index in [2.05, 4.69) is 10.6 Å². The van der Waals surface area contributed by atoms with E-state index in [4.69, 9.17) is 0 Å². The Hall–Kier alpha value is -1.71. The lowest BCUT2D eigenvalue weighted by molar-refractivity contribution is -0.131. The van der Waals surface area contributed by atoms with Crippen LogP contribution in [0, 0.1) is 5.92 Å². The Morgan fingerprint density at radius 3 is 2.67 bits per heavy atom. The average molecular weight is 287 g/mol. The molecule has 1 aromatic rings. The summed E-state index contributed by atoms with van der Waals surface area (Å²) < 4.78 is 0. The molecule has 21 heavy (non-hydrogen) atoms. The number of amides is 1. The number of para-hydroxylation sites is 2. The summed E-state index contributed by atoms with van der Waals surface area (Å²) in [5, 5.41) is 6.70. The first-order chi connectivity index (χ1) is 10.2. The van der Waals surface area contributed by atoms with Crippen molar-refractivity contribution in [2.24, 2.45) is 5.92 Å². The van der Waals surface area contributed by atoms with Crippen LogP contribution in [0.5, 0.6) is 0 Å². The molecule has 0 aromatic heterocycles. The quantitative estimate of drug-likeness (QED) is 0.898. The van der Waals surface area contributed by atoms with Crippen molar-refractivity contribution in [3.05, 3.63) is 24.3 Å². The van der Waals surface area contributed by atoms with Crippen molar-refractivity contribution in [2.75, 3.05) is 30.8 Å². The molecule has 0 spiro atoms. The molecule has 1 aliphatic heterocycles. The maximum atomic E-state index is 12.6. The molecular weight excluding hydrogens is 262 g/mol. The highest BCUT2D eigenvalue weighted by Gasteiger charge is 2.27. The van der Waals surface area contributed by atoms with Gasteiger partial charge in [-0.25, -0.2) is 0 Å². The molecule has 3 rings (SSSR count). The number of rotatable bonds is 3. The highest BCUT2D eigenvalue weighted by atomic mass is 16.2. The molecule has 2 N–H and O–H groups in total. The Kier molecular flexibility index (Phi) is 4.32. The Morgan fingerprint density at radius 1 is 1.19 bits per heavy atom. The molecule has 1 amide bonds. The number of carbonyl (C=O) groups excluding carboxylic acids is 1. The van der Waals surface area contributed by atoms with Gasteiger partial charge in [-0.3, -0.25) is 4.79 Å². The van der Waals surface area contributed by atoms with Gasteiger partial charge in [-0.05, 0) is 30.9 Å². The number of hydrogen-bond donors (Lipinski definition) is 2. The van der Waals surface area contributed by atoms with Crippen LogP contribution < -0.4 is 10.6 Å². The van der Waals surface area contributed by atoms with Crippen LogP contribution in [0.25, 0.3) is 0 Å². The zero-order chi connectivity index (χ0) is 14.7. The van der Waals surface area contributed by atoms with Gasteiger partial charge < -0.3 is 15.5 Å². The monoisotopic (exact) mass is 287 g/mol. The number of hydrogen-bond acceptors (Lipinski definition) is 3. The topological polar surface area (TPSA) is 44.4 Å². The summed E-state index contributed by atoms with van der Waals surface area (Å²) in [6, 6.07) is 7.89. The Labute approximate surface area is 126 Å². The van der Waals surface area contributed by atoms with Crippen molar-refractivity contribution < 1.29 is 4.79 Å². The van der Waals surface area contributed by atoms with E-state index < -0.39 is 0 Å². The van der Waals surface area contributed by atoms with Crippen LogP contribution in [0.1, 0.15) is 32.1 Å². The summed E-state index contributed by atoms with van der Waals surface area (Å²) in [7, 11) is 1.94. The molecule has 0 bridgehead atoms. The first-order valence-corrected chi connectivity index (χ1v) is 8.08. The molecule has 2 aliphatic rings. The van der Waals surface area contributed by atoms with Crippen molar-refractivity contribution in [3.8, 4) is 0 Å². The fraction of sp³-hybridized carbons (Fsp3) is 0.588. The van der Waals surface area contributed by atoms with Gasteiger partial charge in [0.25, 0.3) is 0 Å². The maximum absolute atomic E-state index is 12.6. The van der Waals surface area contributed by atoms with Crippen LogP contribution in [0.4, 0.5) is 11.4 Å². The minimum absolute atomic E-state index is 0.159. The molecule has 114 valence electrons. The standard InChI is InChI=1S/C17H25N3O/c1-20(12-13-7-3-2-4-8-13)17(21)16-11-18-14-9-5-6-10-15(14)19-16/h5-6,9-10,13,16,18-19H,2-4,7-8,11-12H2,1H3. The third-order valence-electron chi connectivity index (χ3n) is 4.68. The van der Waals surface area contributed by atoms with Crippen molar-refractivity contribution in [2.45, 2.75) is 38.1 Å². The molecule has 0 radical (unpaired) electrons. The molecule has 1 atom stereocenters. The van der Waals surface area contributed by atoms with Crippen molar-refractivity contribution >= 4 is 17.3 Å². The number of nitrogens with one attached hydrogen (secondary N) is 2. The largest absolute Gasteiger partial charge is 0.381 e. The minimum Gasteiger partial charge on any atom is -0.381 e. The zero-order valence-corrected chi connectivity index (χ0v) is 12.8. The van der Waals surface area contributed by atoms with Gasteiger partial charge >= 0.3 is 0 Å². The van der Waals surface area contributed by atoms with Crippen LogP contribution in [0.2, 0.25) is 0 Å². The number of anilines is 2. The lowest BCUT2D eigenvalue weighted by atomic mass is 9.89. The summed E-state index contributed by atoms with van der Waals surface area (Å²) in [6.45, 7) is 1.56. The molecular formula is C17H25N3O. The van der Waals surface area contributed by atoms with Crippen LogP contribution in [-0.2, 0) is 4.79 Å². The zero-order valence-electron chi connectivity index (χ0n) is 12.8. The number of nitrogens with zero attached hydrogens (tertiary/aromatic N) is 1. The van der Waals surface area contributed by atoms with Gasteiger partial charge in [0.05, 0.1) is 11.4 Å². The summed E-state index contributed by atoms with van der Waals surface area (Å²) in [4.78, 5) is 14.5. The van der Waals surface area contributed by atoms with E-state index in [-0.39, 0.29) is 11.9 Å². The minimum atomic E-state index is -0.159. The second-order valence-corrected chi connectivity index (χ2v) is 6.35. The van der Waals surface area contributed by atoms with Gasteiger partial charge in [-0.15, -0.1) is 0 Å². The van der Waals surface area contributed by atoms with Gasteiger partial charge in [-0.2, -0.15) is 0 Å². The maximum Gasteiger partial charge on any atom is 0.246 e. The number of likely N-dealkylation sites (N-methyl/N-ethyl adjacent to an activating group) is 1. The van der Waals surface area contributed by atoms with Gasteiger partial charge in [0.15, 0.2) is 0 Å². The molecule has 1 aliphatic carbocycles. The third-order valence-corrected chi connectivity index (χ3v) is 4.68. The summed E-state index contributed by atoms with van der Waals surface area (Å²) in [6.07, 6.45) is 6.55. The predicted molar refractivity (Wildman–Crippen MR) is 86.6 cm³/mol. The van der Waals surface area contributed by atoms with Crippen LogP contribution in [0.3, 0.4) is 0 Å².